The lowest BCUT2D eigenvalue weighted by Gasteiger charge is -2.20. The van der Waals surface area contributed by atoms with Crippen molar-refractivity contribution in [3.8, 4) is 10.4 Å². The van der Waals surface area contributed by atoms with Gasteiger partial charge in [-0.15, -0.1) is 11.3 Å². The lowest BCUT2D eigenvalue weighted by Crippen LogP contribution is -2.09. The van der Waals surface area contributed by atoms with E-state index in [0.717, 1.165) is 13.0 Å². The van der Waals surface area contributed by atoms with E-state index in [2.05, 4.69) is 35.4 Å². The van der Waals surface area contributed by atoms with Gasteiger partial charge in [0.25, 0.3) is 0 Å². The zero-order valence-electron chi connectivity index (χ0n) is 8.58. The van der Waals surface area contributed by atoms with Crippen LogP contribution in [-0.2, 0) is 13.0 Å². The Labute approximate surface area is 93.0 Å². The molecule has 2 nitrogen and oxygen atoms in total. The molecule has 0 saturated carbocycles. The lowest BCUT2D eigenvalue weighted by atomic mass is 10.0. The van der Waals surface area contributed by atoms with E-state index in [-0.39, 0.29) is 0 Å². The van der Waals surface area contributed by atoms with E-state index in [1.165, 1.54) is 27.4 Å². The fourth-order valence-electron chi connectivity index (χ4n) is 2.08. The molecule has 0 radical (unpaired) electrons. The summed E-state index contributed by atoms with van der Waals surface area (Å²) >= 11 is 1.74. The van der Waals surface area contributed by atoms with E-state index >= 15 is 0 Å². The van der Waals surface area contributed by atoms with Crippen LogP contribution in [0.2, 0.25) is 0 Å². The number of rotatable bonds is 1. The molecule has 0 saturated heterocycles. The van der Waals surface area contributed by atoms with Gasteiger partial charge >= 0.3 is 0 Å². The minimum absolute atomic E-state index is 0.864. The fourth-order valence-corrected chi connectivity index (χ4v) is 2.92. The summed E-state index contributed by atoms with van der Waals surface area (Å²) in [5.74, 6) is 0. The van der Waals surface area contributed by atoms with Crippen molar-refractivity contribution in [2.75, 3.05) is 5.32 Å². The van der Waals surface area contributed by atoms with Crippen LogP contribution in [0.4, 0.5) is 5.69 Å². The number of hydrogen-bond acceptors (Lipinski definition) is 3. The first kappa shape index (κ1) is 8.92. The number of benzene rings is 1. The molecule has 15 heavy (non-hydrogen) atoms. The van der Waals surface area contributed by atoms with Gasteiger partial charge in [0.15, 0.2) is 0 Å². The summed E-state index contributed by atoms with van der Waals surface area (Å²) in [5.41, 5.74) is 7.13. The summed E-state index contributed by atoms with van der Waals surface area (Å²) in [7, 11) is 0. The Bertz CT molecular complexity index is 502. The second-order valence-corrected chi connectivity index (χ2v) is 4.53. The maximum atomic E-state index is 4.37. The molecule has 0 unspecified atom stereocenters. The van der Waals surface area contributed by atoms with Gasteiger partial charge in [-0.2, -0.15) is 0 Å². The number of aromatic nitrogens is 1. The highest BCUT2D eigenvalue weighted by Gasteiger charge is 2.19. The van der Waals surface area contributed by atoms with Gasteiger partial charge in [0, 0.05) is 11.3 Å². The van der Waals surface area contributed by atoms with E-state index in [4.69, 9.17) is 0 Å². The largest absolute Gasteiger partial charge is 0.379 e. The molecule has 76 valence electrons. The third-order valence-corrected chi connectivity index (χ3v) is 3.75. The Hall–Kier alpha value is -1.35. The fraction of sp³-hybridized carbons (Fsp3) is 0.250. The molecule has 1 aliphatic heterocycles. The van der Waals surface area contributed by atoms with Gasteiger partial charge in [0.2, 0.25) is 0 Å². The van der Waals surface area contributed by atoms with Crippen molar-refractivity contribution in [3.05, 3.63) is 35.0 Å². The topological polar surface area (TPSA) is 24.9 Å². The summed E-state index contributed by atoms with van der Waals surface area (Å²) in [6.45, 7) is 3.06. The van der Waals surface area contributed by atoms with Gasteiger partial charge in [-0.1, -0.05) is 25.1 Å². The minimum atomic E-state index is 0.864. The SMILES string of the molecule is CCc1cccc2c1NCc1ncsc1-2. The molecule has 2 heterocycles. The first-order valence-electron chi connectivity index (χ1n) is 5.18. The summed E-state index contributed by atoms with van der Waals surface area (Å²) < 4.78 is 0. The van der Waals surface area contributed by atoms with Crippen LogP contribution in [0, 0.1) is 0 Å². The molecule has 2 aromatic rings. The highest BCUT2D eigenvalue weighted by Crippen LogP contribution is 2.39. The summed E-state index contributed by atoms with van der Waals surface area (Å²) in [5, 5.41) is 3.47. The standard InChI is InChI=1S/C12H12N2S/c1-2-8-4-3-5-9-11(8)13-6-10-12(9)15-7-14-10/h3-5,7,13H,2,6H2,1H3. The summed E-state index contributed by atoms with van der Waals surface area (Å²) in [6.07, 6.45) is 1.07. The molecule has 3 heteroatoms. The highest BCUT2D eigenvalue weighted by molar-refractivity contribution is 7.13. The van der Waals surface area contributed by atoms with Crippen molar-refractivity contribution in [3.63, 3.8) is 0 Å². The van der Waals surface area contributed by atoms with E-state index in [1.807, 2.05) is 5.51 Å². The number of nitrogens with one attached hydrogen (secondary N) is 1. The quantitative estimate of drug-likeness (QED) is 0.791. The number of hydrogen-bond donors (Lipinski definition) is 1. The second kappa shape index (κ2) is 3.35. The summed E-state index contributed by atoms with van der Waals surface area (Å²) in [6, 6.07) is 6.50. The van der Waals surface area contributed by atoms with Crippen molar-refractivity contribution < 1.29 is 0 Å². The van der Waals surface area contributed by atoms with E-state index in [1.54, 1.807) is 11.3 Å². The van der Waals surface area contributed by atoms with Crippen molar-refractivity contribution >= 4 is 17.0 Å². The Kier molecular flexibility index (Phi) is 1.99. The number of anilines is 1. The van der Waals surface area contributed by atoms with Gasteiger partial charge in [-0.05, 0) is 12.0 Å². The van der Waals surface area contributed by atoms with Crippen LogP contribution in [0.15, 0.2) is 23.7 Å². The maximum absolute atomic E-state index is 4.37. The molecule has 1 aliphatic rings. The Balaban J connectivity index is 2.25. The molecular weight excluding hydrogens is 204 g/mol. The Morgan fingerprint density at radius 2 is 2.40 bits per heavy atom. The molecule has 1 aromatic carbocycles. The van der Waals surface area contributed by atoms with Gasteiger partial charge in [0.1, 0.15) is 0 Å². The zero-order valence-corrected chi connectivity index (χ0v) is 9.40. The predicted octanol–water partition coefficient (Wildman–Crippen LogP) is 3.30. The predicted molar refractivity (Wildman–Crippen MR) is 64.3 cm³/mol. The molecule has 0 amide bonds. The smallest absolute Gasteiger partial charge is 0.0802 e. The number of thiazole rings is 1. The normalized spacial score (nSPS) is 12.9. The lowest BCUT2D eigenvalue weighted by molar-refractivity contribution is 1.04. The monoisotopic (exact) mass is 216 g/mol. The zero-order chi connectivity index (χ0) is 10.3. The molecule has 0 spiro atoms. The second-order valence-electron chi connectivity index (χ2n) is 3.67. The minimum Gasteiger partial charge on any atom is -0.379 e. The first-order chi connectivity index (χ1) is 7.40. The molecule has 3 rings (SSSR count). The van der Waals surface area contributed by atoms with Crippen LogP contribution in [0.5, 0.6) is 0 Å². The third kappa shape index (κ3) is 1.27. The number of aryl methyl sites for hydroxylation is 1. The van der Waals surface area contributed by atoms with Crippen molar-refractivity contribution in [1.29, 1.82) is 0 Å². The summed E-state index contributed by atoms with van der Waals surface area (Å²) in [4.78, 5) is 5.70. The Morgan fingerprint density at radius 1 is 1.47 bits per heavy atom. The molecule has 1 N–H and O–H groups in total. The van der Waals surface area contributed by atoms with Crippen LogP contribution >= 0.6 is 11.3 Å². The van der Waals surface area contributed by atoms with Crippen molar-refractivity contribution in [2.24, 2.45) is 0 Å². The van der Waals surface area contributed by atoms with E-state index < -0.39 is 0 Å². The van der Waals surface area contributed by atoms with Crippen LogP contribution in [0.1, 0.15) is 18.2 Å². The molecule has 0 fully saturated rings. The average molecular weight is 216 g/mol. The molecule has 0 atom stereocenters. The molecule has 1 aromatic heterocycles. The molecule has 0 aliphatic carbocycles. The molecule has 0 bridgehead atoms. The number of nitrogens with zero attached hydrogens (tertiary/aromatic N) is 1. The van der Waals surface area contributed by atoms with Crippen LogP contribution in [0.25, 0.3) is 10.4 Å². The van der Waals surface area contributed by atoms with Crippen LogP contribution in [0.3, 0.4) is 0 Å². The Morgan fingerprint density at radius 3 is 3.27 bits per heavy atom. The third-order valence-electron chi connectivity index (χ3n) is 2.85. The van der Waals surface area contributed by atoms with Gasteiger partial charge < -0.3 is 5.32 Å². The van der Waals surface area contributed by atoms with Crippen LogP contribution < -0.4 is 5.32 Å². The van der Waals surface area contributed by atoms with Gasteiger partial charge in [-0.3, -0.25) is 0 Å². The van der Waals surface area contributed by atoms with Gasteiger partial charge in [-0.25, -0.2) is 4.98 Å². The number of fused-ring (bicyclic) bond motifs is 3. The number of para-hydroxylation sites is 1. The maximum Gasteiger partial charge on any atom is 0.0802 e. The first-order valence-corrected chi connectivity index (χ1v) is 6.06. The van der Waals surface area contributed by atoms with E-state index in [9.17, 15) is 0 Å². The molecular formula is C12H12N2S. The van der Waals surface area contributed by atoms with Crippen molar-refractivity contribution in [1.82, 2.24) is 4.98 Å². The highest BCUT2D eigenvalue weighted by atomic mass is 32.1. The van der Waals surface area contributed by atoms with Crippen molar-refractivity contribution in [2.45, 2.75) is 19.9 Å². The van der Waals surface area contributed by atoms with Crippen LogP contribution in [-0.4, -0.2) is 4.98 Å². The van der Waals surface area contributed by atoms with Gasteiger partial charge in [0.05, 0.1) is 22.6 Å². The average Bonchev–Trinajstić information content (AvgIpc) is 2.76. The van der Waals surface area contributed by atoms with E-state index in [0.29, 0.717) is 0 Å².